The summed E-state index contributed by atoms with van der Waals surface area (Å²) >= 11 is 1.15. The minimum absolute atomic E-state index is 0.180. The van der Waals surface area contributed by atoms with Crippen LogP contribution in [0.1, 0.15) is 37.0 Å². The Morgan fingerprint density at radius 3 is 2.73 bits per heavy atom. The Balaban J connectivity index is 1.47. The van der Waals surface area contributed by atoms with Crippen LogP contribution in [0.5, 0.6) is 5.75 Å². The van der Waals surface area contributed by atoms with Gasteiger partial charge in [-0.05, 0) is 37.6 Å². The molecule has 5 rings (SSSR count). The van der Waals surface area contributed by atoms with Crippen molar-refractivity contribution in [1.82, 2.24) is 4.57 Å². The zero-order chi connectivity index (χ0) is 28.4. The van der Waals surface area contributed by atoms with Crippen molar-refractivity contribution in [3.8, 4) is 5.75 Å². The number of nitro benzene ring substituents is 1. The monoisotopic (exact) mass is 563 g/mol. The fourth-order valence-electron chi connectivity index (χ4n) is 4.29. The van der Waals surface area contributed by atoms with E-state index in [1.807, 2.05) is 30.3 Å². The Bertz CT molecular complexity index is 1820. The number of non-ortho nitro benzene ring substituents is 1. The number of furan rings is 1. The Kier molecular flexibility index (Phi) is 7.43. The van der Waals surface area contributed by atoms with E-state index in [-0.39, 0.29) is 35.8 Å². The molecule has 0 saturated carbocycles. The van der Waals surface area contributed by atoms with Gasteiger partial charge in [-0.1, -0.05) is 41.7 Å². The summed E-state index contributed by atoms with van der Waals surface area (Å²) in [4.78, 5) is 41.8. The van der Waals surface area contributed by atoms with Crippen LogP contribution in [0.15, 0.2) is 86.1 Å². The molecule has 0 spiro atoms. The number of ether oxygens (including phenoxy) is 2. The second-order valence-electron chi connectivity index (χ2n) is 8.68. The Morgan fingerprint density at radius 2 is 2.00 bits per heavy atom. The van der Waals surface area contributed by atoms with Crippen molar-refractivity contribution in [2.75, 3.05) is 6.61 Å². The number of benzene rings is 2. The van der Waals surface area contributed by atoms with Crippen molar-refractivity contribution in [2.45, 2.75) is 26.5 Å². The normalized spacial score (nSPS) is 15.0. The molecule has 3 heterocycles. The molecular formula is C28H22FN3O7S. The lowest BCUT2D eigenvalue weighted by molar-refractivity contribution is -0.385. The van der Waals surface area contributed by atoms with Gasteiger partial charge >= 0.3 is 5.97 Å². The lowest BCUT2D eigenvalue weighted by Crippen LogP contribution is -2.39. The van der Waals surface area contributed by atoms with Crippen LogP contribution in [0.4, 0.5) is 10.1 Å². The van der Waals surface area contributed by atoms with Crippen LogP contribution in [0, 0.1) is 15.9 Å². The summed E-state index contributed by atoms with van der Waals surface area (Å²) in [6.45, 7) is 3.41. The first-order valence-corrected chi connectivity index (χ1v) is 13.0. The molecule has 0 unspecified atom stereocenters. The minimum atomic E-state index is -0.746. The predicted molar refractivity (Wildman–Crippen MR) is 143 cm³/mol. The third-order valence-electron chi connectivity index (χ3n) is 6.08. The van der Waals surface area contributed by atoms with E-state index in [0.29, 0.717) is 26.6 Å². The van der Waals surface area contributed by atoms with Crippen molar-refractivity contribution >= 4 is 29.1 Å². The van der Waals surface area contributed by atoms with Gasteiger partial charge in [0.25, 0.3) is 11.2 Å². The lowest BCUT2D eigenvalue weighted by atomic mass is 9.96. The van der Waals surface area contributed by atoms with Gasteiger partial charge in [-0.2, -0.15) is 0 Å². The van der Waals surface area contributed by atoms with Gasteiger partial charge in [0.05, 0.1) is 39.4 Å². The highest BCUT2D eigenvalue weighted by molar-refractivity contribution is 7.07. The number of rotatable bonds is 8. The summed E-state index contributed by atoms with van der Waals surface area (Å²) in [6, 6.07) is 14.7. The number of carbonyl (C=O) groups is 1. The Labute approximate surface area is 230 Å². The molecule has 0 radical (unpaired) electrons. The highest BCUT2D eigenvalue weighted by Gasteiger charge is 2.33. The lowest BCUT2D eigenvalue weighted by Gasteiger charge is -2.24. The van der Waals surface area contributed by atoms with E-state index < -0.39 is 22.8 Å². The van der Waals surface area contributed by atoms with Crippen molar-refractivity contribution in [2.24, 2.45) is 4.99 Å². The number of aromatic nitrogens is 1. The van der Waals surface area contributed by atoms with E-state index in [0.717, 1.165) is 35.1 Å². The summed E-state index contributed by atoms with van der Waals surface area (Å²) in [5.41, 5.74) is 0.823. The Morgan fingerprint density at radius 1 is 1.23 bits per heavy atom. The minimum Gasteiger partial charge on any atom is -0.482 e. The van der Waals surface area contributed by atoms with Crippen LogP contribution in [0.2, 0.25) is 0 Å². The molecule has 1 aliphatic heterocycles. The van der Waals surface area contributed by atoms with Gasteiger partial charge < -0.3 is 13.9 Å². The first-order valence-electron chi connectivity index (χ1n) is 12.2. The number of hydrogen-bond acceptors (Lipinski definition) is 9. The number of hydrogen-bond donors (Lipinski definition) is 0. The third-order valence-corrected chi connectivity index (χ3v) is 7.07. The SMILES string of the molecule is CCOC(=O)C1=C(C)N=c2sc(=Cc3ccc(COc4cc([N+](=O)[O-])ccc4F)o3)c(=O)n2[C@H]1c1ccccc1. The fraction of sp³-hybridized carbons (Fsp3) is 0.179. The van der Waals surface area contributed by atoms with E-state index in [1.165, 1.54) is 4.57 Å². The van der Waals surface area contributed by atoms with E-state index in [9.17, 15) is 24.1 Å². The predicted octanol–water partition coefficient (Wildman–Crippen LogP) is 4.02. The second kappa shape index (κ2) is 11.1. The zero-order valence-electron chi connectivity index (χ0n) is 21.3. The number of fused-ring (bicyclic) bond motifs is 1. The van der Waals surface area contributed by atoms with E-state index >= 15 is 0 Å². The largest absolute Gasteiger partial charge is 0.482 e. The van der Waals surface area contributed by atoms with Crippen molar-refractivity contribution < 1.29 is 28.0 Å². The number of nitro groups is 1. The van der Waals surface area contributed by atoms with Crippen LogP contribution in [0.25, 0.3) is 6.08 Å². The third kappa shape index (κ3) is 5.21. The van der Waals surface area contributed by atoms with Crippen molar-refractivity contribution in [3.05, 3.63) is 125 Å². The number of esters is 1. The van der Waals surface area contributed by atoms with E-state index in [1.54, 1.807) is 32.1 Å². The molecule has 1 atom stereocenters. The van der Waals surface area contributed by atoms with E-state index in [2.05, 4.69) is 4.99 Å². The fourth-order valence-corrected chi connectivity index (χ4v) is 5.31. The summed E-state index contributed by atoms with van der Waals surface area (Å²) in [6.07, 6.45) is 1.55. The average Bonchev–Trinajstić information content (AvgIpc) is 3.51. The summed E-state index contributed by atoms with van der Waals surface area (Å²) in [5, 5.41) is 11.0. The number of thiazole rings is 1. The first kappa shape index (κ1) is 26.8. The van der Waals surface area contributed by atoms with E-state index in [4.69, 9.17) is 13.9 Å². The van der Waals surface area contributed by atoms with Crippen LogP contribution in [-0.2, 0) is 16.1 Å². The molecule has 204 valence electrons. The van der Waals surface area contributed by atoms with Gasteiger partial charge in [0, 0.05) is 12.1 Å². The maximum absolute atomic E-state index is 14.0. The van der Waals surface area contributed by atoms with Gasteiger partial charge in [-0.15, -0.1) is 0 Å². The van der Waals surface area contributed by atoms with Gasteiger partial charge in [-0.3, -0.25) is 19.5 Å². The standard InChI is InChI=1S/C28H22FN3O7S/c1-3-37-27(34)24-16(2)30-28-31(25(24)17-7-5-4-6-8-17)26(33)23(40-28)14-19-10-11-20(39-19)15-38-22-13-18(32(35)36)9-12-21(22)29/h4-14,25H,3,15H2,1-2H3/t25-/m0/s1. The van der Waals surface area contributed by atoms with Crippen LogP contribution < -0.4 is 19.6 Å². The highest BCUT2D eigenvalue weighted by Crippen LogP contribution is 2.30. The number of carbonyl (C=O) groups excluding carboxylic acids is 1. The molecule has 12 heteroatoms. The number of nitrogens with zero attached hydrogens (tertiary/aromatic N) is 3. The molecular weight excluding hydrogens is 541 g/mol. The zero-order valence-corrected chi connectivity index (χ0v) is 22.1. The average molecular weight is 564 g/mol. The van der Waals surface area contributed by atoms with Crippen LogP contribution in [-0.4, -0.2) is 22.1 Å². The molecule has 1 aliphatic rings. The van der Waals surface area contributed by atoms with Crippen LogP contribution in [0.3, 0.4) is 0 Å². The molecule has 2 aromatic heterocycles. The smallest absolute Gasteiger partial charge is 0.338 e. The number of allylic oxidation sites excluding steroid dienone is 1. The maximum atomic E-state index is 14.0. The van der Waals surface area contributed by atoms with Gasteiger partial charge in [0.2, 0.25) is 0 Å². The summed E-state index contributed by atoms with van der Waals surface area (Å²) in [7, 11) is 0. The number of halogens is 1. The topological polar surface area (TPSA) is 126 Å². The van der Waals surface area contributed by atoms with Gasteiger partial charge in [0.15, 0.2) is 16.4 Å². The maximum Gasteiger partial charge on any atom is 0.338 e. The molecule has 0 aliphatic carbocycles. The second-order valence-corrected chi connectivity index (χ2v) is 9.69. The molecule has 0 bridgehead atoms. The summed E-state index contributed by atoms with van der Waals surface area (Å²) in [5.74, 6) is -0.922. The molecule has 0 amide bonds. The molecule has 10 nitrogen and oxygen atoms in total. The molecule has 40 heavy (non-hydrogen) atoms. The molecule has 0 N–H and O–H groups in total. The molecule has 0 saturated heterocycles. The van der Waals surface area contributed by atoms with Crippen LogP contribution >= 0.6 is 11.3 Å². The quantitative estimate of drug-likeness (QED) is 0.180. The van der Waals surface area contributed by atoms with Gasteiger partial charge in [-0.25, -0.2) is 14.2 Å². The van der Waals surface area contributed by atoms with Crippen molar-refractivity contribution in [3.63, 3.8) is 0 Å². The summed E-state index contributed by atoms with van der Waals surface area (Å²) < 4.78 is 32.2. The highest BCUT2D eigenvalue weighted by atomic mass is 32.1. The van der Waals surface area contributed by atoms with Gasteiger partial charge in [0.1, 0.15) is 18.1 Å². The Hall–Kier alpha value is -4.84. The molecule has 2 aromatic carbocycles. The van der Waals surface area contributed by atoms with Crippen molar-refractivity contribution in [1.29, 1.82) is 0 Å². The molecule has 0 fully saturated rings. The first-order chi connectivity index (χ1) is 19.3. The molecule has 4 aromatic rings.